The van der Waals surface area contributed by atoms with Crippen LogP contribution in [-0.2, 0) is 0 Å². The number of rotatable bonds is 4. The van der Waals surface area contributed by atoms with Gasteiger partial charge in [0.1, 0.15) is 0 Å². The molecule has 1 fully saturated rings. The Balaban J connectivity index is 0.00000264. The summed E-state index contributed by atoms with van der Waals surface area (Å²) in [5.74, 6) is 0.00568. The lowest BCUT2D eigenvalue weighted by atomic mass is 10.1. The molecular formula is C16H25ClN4O2. The fourth-order valence-electron chi connectivity index (χ4n) is 2.64. The summed E-state index contributed by atoms with van der Waals surface area (Å²) in [6.07, 6.45) is 1.97. The first-order chi connectivity index (χ1) is 10.5. The van der Waals surface area contributed by atoms with Crippen LogP contribution in [0.25, 0.3) is 0 Å². The Kier molecular flexibility index (Phi) is 7.32. The summed E-state index contributed by atoms with van der Waals surface area (Å²) in [6, 6.07) is 6.91. The predicted octanol–water partition coefficient (Wildman–Crippen LogP) is 2.20. The summed E-state index contributed by atoms with van der Waals surface area (Å²) in [4.78, 5) is 25.9. The number of carbonyl (C=O) groups is 2. The molecule has 0 saturated carbocycles. The highest BCUT2D eigenvalue weighted by Crippen LogP contribution is 2.20. The Labute approximate surface area is 143 Å². The van der Waals surface area contributed by atoms with Gasteiger partial charge in [0.25, 0.3) is 5.91 Å². The van der Waals surface area contributed by atoms with Gasteiger partial charge in [-0.15, -0.1) is 12.4 Å². The van der Waals surface area contributed by atoms with Crippen molar-refractivity contribution < 1.29 is 9.59 Å². The van der Waals surface area contributed by atoms with Gasteiger partial charge < -0.3 is 21.3 Å². The lowest BCUT2D eigenvalue weighted by molar-refractivity contribution is 0.0741. The molecule has 1 aromatic rings. The maximum atomic E-state index is 12.5. The molecule has 1 saturated heterocycles. The summed E-state index contributed by atoms with van der Waals surface area (Å²) in [5.41, 5.74) is 6.99. The maximum absolute atomic E-state index is 12.5. The number of nitrogens with one attached hydrogen (secondary N) is 2. The highest BCUT2D eigenvalue weighted by Gasteiger charge is 2.28. The molecule has 0 bridgehead atoms. The predicted molar refractivity (Wildman–Crippen MR) is 94.1 cm³/mol. The summed E-state index contributed by atoms with van der Waals surface area (Å²) in [5, 5.41) is 5.48. The van der Waals surface area contributed by atoms with Crippen molar-refractivity contribution in [2.45, 2.75) is 38.8 Å². The zero-order valence-corrected chi connectivity index (χ0v) is 14.4. The van der Waals surface area contributed by atoms with Gasteiger partial charge in [0.05, 0.1) is 0 Å². The van der Waals surface area contributed by atoms with E-state index in [9.17, 15) is 9.59 Å². The van der Waals surface area contributed by atoms with Crippen LogP contribution in [0.2, 0.25) is 0 Å². The number of nitrogens with zero attached hydrogens (tertiary/aromatic N) is 1. The quantitative estimate of drug-likeness (QED) is 0.785. The van der Waals surface area contributed by atoms with Crippen molar-refractivity contribution in [1.29, 1.82) is 0 Å². The Morgan fingerprint density at radius 3 is 2.52 bits per heavy atom. The van der Waals surface area contributed by atoms with Gasteiger partial charge in [-0.05, 0) is 51.0 Å². The first kappa shape index (κ1) is 19.3. The van der Waals surface area contributed by atoms with Crippen LogP contribution in [0.3, 0.4) is 0 Å². The lowest BCUT2D eigenvalue weighted by Gasteiger charge is -2.23. The minimum Gasteiger partial charge on any atom is -0.336 e. The van der Waals surface area contributed by atoms with Gasteiger partial charge in [0.15, 0.2) is 0 Å². The molecule has 1 atom stereocenters. The van der Waals surface area contributed by atoms with Crippen molar-refractivity contribution in [3.05, 3.63) is 29.8 Å². The number of nitrogens with two attached hydrogens (primary N) is 1. The van der Waals surface area contributed by atoms with Crippen LogP contribution in [0.5, 0.6) is 0 Å². The SMILES string of the molecule is CC(C)NC(=O)Nc1ccc(C(=O)N2CCCC2CN)cc1.Cl. The molecule has 1 aliphatic rings. The number of urea groups is 1. The number of hydrogen-bond acceptors (Lipinski definition) is 3. The molecule has 7 heteroatoms. The van der Waals surface area contributed by atoms with Gasteiger partial charge in [-0.1, -0.05) is 0 Å². The van der Waals surface area contributed by atoms with E-state index in [1.807, 2.05) is 18.7 Å². The number of likely N-dealkylation sites (tertiary alicyclic amines) is 1. The van der Waals surface area contributed by atoms with Gasteiger partial charge >= 0.3 is 6.03 Å². The molecule has 128 valence electrons. The lowest BCUT2D eigenvalue weighted by Crippen LogP contribution is -2.39. The van der Waals surface area contributed by atoms with Crippen LogP contribution in [0.1, 0.15) is 37.0 Å². The topological polar surface area (TPSA) is 87.5 Å². The van der Waals surface area contributed by atoms with Crippen LogP contribution in [0, 0.1) is 0 Å². The highest BCUT2D eigenvalue weighted by molar-refractivity contribution is 5.96. The van der Waals surface area contributed by atoms with Crippen LogP contribution in [0.4, 0.5) is 10.5 Å². The van der Waals surface area contributed by atoms with Crippen molar-refractivity contribution in [2.75, 3.05) is 18.4 Å². The molecule has 0 aliphatic carbocycles. The Bertz CT molecular complexity index is 533. The molecule has 0 spiro atoms. The monoisotopic (exact) mass is 340 g/mol. The Morgan fingerprint density at radius 1 is 1.30 bits per heavy atom. The summed E-state index contributed by atoms with van der Waals surface area (Å²) in [7, 11) is 0. The molecule has 3 amide bonds. The van der Waals surface area contributed by atoms with Gasteiger partial charge in [-0.25, -0.2) is 4.79 Å². The molecule has 1 aliphatic heterocycles. The van der Waals surface area contributed by atoms with E-state index in [2.05, 4.69) is 10.6 Å². The third-order valence-corrected chi connectivity index (χ3v) is 3.72. The number of amides is 3. The van der Waals surface area contributed by atoms with E-state index in [1.165, 1.54) is 0 Å². The normalized spacial score (nSPS) is 16.9. The summed E-state index contributed by atoms with van der Waals surface area (Å²) >= 11 is 0. The summed E-state index contributed by atoms with van der Waals surface area (Å²) < 4.78 is 0. The zero-order valence-electron chi connectivity index (χ0n) is 13.5. The Hall–Kier alpha value is -1.79. The first-order valence-corrected chi connectivity index (χ1v) is 7.70. The minimum absolute atomic E-state index is 0. The van der Waals surface area contributed by atoms with Crippen LogP contribution < -0.4 is 16.4 Å². The van der Waals surface area contributed by atoms with E-state index >= 15 is 0 Å². The first-order valence-electron chi connectivity index (χ1n) is 7.70. The van der Waals surface area contributed by atoms with E-state index in [0.29, 0.717) is 17.8 Å². The van der Waals surface area contributed by atoms with Crippen LogP contribution in [-0.4, -0.2) is 42.0 Å². The largest absolute Gasteiger partial charge is 0.336 e. The van der Waals surface area contributed by atoms with Crippen molar-refractivity contribution in [3.63, 3.8) is 0 Å². The van der Waals surface area contributed by atoms with Crippen molar-refractivity contribution in [2.24, 2.45) is 5.73 Å². The Morgan fingerprint density at radius 2 is 1.96 bits per heavy atom. The average Bonchev–Trinajstić information content (AvgIpc) is 2.94. The zero-order chi connectivity index (χ0) is 16.1. The molecule has 0 aromatic heterocycles. The molecular weight excluding hydrogens is 316 g/mol. The third-order valence-electron chi connectivity index (χ3n) is 3.72. The number of benzene rings is 1. The van der Waals surface area contributed by atoms with Gasteiger partial charge in [0, 0.05) is 36.4 Å². The molecule has 2 rings (SSSR count). The van der Waals surface area contributed by atoms with Crippen LogP contribution >= 0.6 is 12.4 Å². The van der Waals surface area contributed by atoms with Gasteiger partial charge in [-0.2, -0.15) is 0 Å². The fraction of sp³-hybridized carbons (Fsp3) is 0.500. The van der Waals surface area contributed by atoms with Crippen LogP contribution in [0.15, 0.2) is 24.3 Å². The third kappa shape index (κ3) is 5.11. The fourth-order valence-corrected chi connectivity index (χ4v) is 2.64. The van der Waals surface area contributed by atoms with Crippen molar-refractivity contribution >= 4 is 30.0 Å². The number of halogens is 1. The van der Waals surface area contributed by atoms with E-state index < -0.39 is 0 Å². The highest BCUT2D eigenvalue weighted by atomic mass is 35.5. The second kappa shape index (κ2) is 8.74. The molecule has 6 nitrogen and oxygen atoms in total. The van der Waals surface area contributed by atoms with E-state index in [1.54, 1.807) is 24.3 Å². The molecule has 0 radical (unpaired) electrons. The number of anilines is 1. The van der Waals surface area contributed by atoms with Gasteiger partial charge in [-0.3, -0.25) is 4.79 Å². The van der Waals surface area contributed by atoms with E-state index in [0.717, 1.165) is 19.4 Å². The molecule has 1 unspecified atom stereocenters. The maximum Gasteiger partial charge on any atom is 0.319 e. The number of carbonyl (C=O) groups excluding carboxylic acids is 2. The molecule has 23 heavy (non-hydrogen) atoms. The second-order valence-electron chi connectivity index (χ2n) is 5.86. The van der Waals surface area contributed by atoms with Crippen molar-refractivity contribution in [3.8, 4) is 0 Å². The van der Waals surface area contributed by atoms with Gasteiger partial charge in [0.2, 0.25) is 0 Å². The number of hydrogen-bond donors (Lipinski definition) is 3. The molecule has 1 heterocycles. The standard InChI is InChI=1S/C16H24N4O2.ClH/c1-11(2)18-16(22)19-13-7-5-12(6-8-13)15(21)20-9-3-4-14(20)10-17;/h5-8,11,14H,3-4,9-10,17H2,1-2H3,(H2,18,19,22);1H. The molecule has 4 N–H and O–H groups in total. The van der Waals surface area contributed by atoms with E-state index in [-0.39, 0.29) is 36.4 Å². The van der Waals surface area contributed by atoms with Crippen molar-refractivity contribution in [1.82, 2.24) is 10.2 Å². The minimum atomic E-state index is -0.253. The molecule has 1 aromatic carbocycles. The average molecular weight is 341 g/mol. The second-order valence-corrected chi connectivity index (χ2v) is 5.86. The smallest absolute Gasteiger partial charge is 0.319 e. The van der Waals surface area contributed by atoms with E-state index in [4.69, 9.17) is 5.73 Å². The summed E-state index contributed by atoms with van der Waals surface area (Å²) in [6.45, 7) is 5.05.